The van der Waals surface area contributed by atoms with Crippen LogP contribution in [0.5, 0.6) is 5.75 Å². The van der Waals surface area contributed by atoms with E-state index >= 15 is 0 Å². The van der Waals surface area contributed by atoms with Crippen molar-refractivity contribution in [3.63, 3.8) is 0 Å². The lowest BCUT2D eigenvalue weighted by Gasteiger charge is -2.29. The van der Waals surface area contributed by atoms with Gasteiger partial charge < -0.3 is 19.9 Å². The molecule has 3 N–H and O–H groups in total. The molecule has 3 rings (SSSR count). The molecule has 28 heavy (non-hydrogen) atoms. The number of thioether (sulfide) groups is 1. The molecule has 0 unspecified atom stereocenters. The number of benzene rings is 2. The lowest BCUT2D eigenvalue weighted by atomic mass is 10.2. The van der Waals surface area contributed by atoms with E-state index in [0.717, 1.165) is 50.8 Å². The van der Waals surface area contributed by atoms with Crippen LogP contribution in [-0.4, -0.2) is 58.0 Å². The highest BCUT2D eigenvalue weighted by Crippen LogP contribution is 2.15. The van der Waals surface area contributed by atoms with Crippen LogP contribution in [0.25, 0.3) is 0 Å². The minimum Gasteiger partial charge on any atom is -0.497 e. The second-order valence-corrected chi connectivity index (χ2v) is 8.38. The number of hydrogen-bond acceptors (Lipinski definition) is 3. The Morgan fingerprint density at radius 1 is 1.00 bits per heavy atom. The van der Waals surface area contributed by atoms with E-state index < -0.39 is 0 Å². The van der Waals surface area contributed by atoms with Crippen LogP contribution in [0, 0.1) is 0 Å². The van der Waals surface area contributed by atoms with Gasteiger partial charge in [-0.1, -0.05) is 18.2 Å². The number of hydrogen-bond donors (Lipinski definition) is 3. The summed E-state index contributed by atoms with van der Waals surface area (Å²) in [5, 5.41) is 3.06. The Kier molecular flexibility index (Phi) is 8.21. The second-order valence-electron chi connectivity index (χ2n) is 7.21. The van der Waals surface area contributed by atoms with Crippen LogP contribution in [0.3, 0.4) is 0 Å². The van der Waals surface area contributed by atoms with Gasteiger partial charge in [0.2, 0.25) is 0 Å². The standard InChI is InChI=1S/C22H29N3O2S/c1-27-20-9-7-19(8-10-20)17-24-12-14-25(15-13-24)18-22(26)23-11-16-28-21-5-3-2-4-6-21/h2-10H,11-18H2,1H3,(H,23,26)/p+2. The fourth-order valence-corrected chi connectivity index (χ4v) is 4.30. The molecule has 1 aliphatic heterocycles. The fraction of sp³-hybridized carbons (Fsp3) is 0.409. The van der Waals surface area contributed by atoms with E-state index in [4.69, 9.17) is 4.74 Å². The van der Waals surface area contributed by atoms with Crippen LogP contribution >= 0.6 is 11.8 Å². The largest absolute Gasteiger partial charge is 0.497 e. The number of carbonyl (C=O) groups is 1. The number of amides is 1. The molecule has 1 fully saturated rings. The summed E-state index contributed by atoms with van der Waals surface area (Å²) in [7, 11) is 1.69. The Morgan fingerprint density at radius 2 is 1.68 bits per heavy atom. The number of carbonyl (C=O) groups excluding carboxylic acids is 1. The van der Waals surface area contributed by atoms with Crippen LogP contribution in [-0.2, 0) is 11.3 Å². The molecule has 0 bridgehead atoms. The van der Waals surface area contributed by atoms with Crippen LogP contribution in [0.4, 0.5) is 0 Å². The molecule has 1 saturated heterocycles. The van der Waals surface area contributed by atoms with Crippen LogP contribution < -0.4 is 19.9 Å². The summed E-state index contributed by atoms with van der Waals surface area (Å²) >= 11 is 1.78. The van der Waals surface area contributed by atoms with Gasteiger partial charge in [0.1, 0.15) is 38.5 Å². The quantitative estimate of drug-likeness (QED) is 0.406. The fourth-order valence-electron chi connectivity index (χ4n) is 3.51. The van der Waals surface area contributed by atoms with Gasteiger partial charge in [-0.05, 0) is 36.4 Å². The molecule has 1 aliphatic rings. The van der Waals surface area contributed by atoms with E-state index in [0.29, 0.717) is 6.54 Å². The second kappa shape index (κ2) is 11.1. The van der Waals surface area contributed by atoms with Gasteiger partial charge in [0.05, 0.1) is 7.11 Å². The summed E-state index contributed by atoms with van der Waals surface area (Å²) in [5.74, 6) is 1.98. The minimum atomic E-state index is 0.169. The lowest BCUT2D eigenvalue weighted by molar-refractivity contribution is -1.02. The molecule has 2 aromatic carbocycles. The van der Waals surface area contributed by atoms with E-state index in [1.165, 1.54) is 15.4 Å². The highest BCUT2D eigenvalue weighted by atomic mass is 32.2. The van der Waals surface area contributed by atoms with Gasteiger partial charge in [-0.3, -0.25) is 4.79 Å². The van der Waals surface area contributed by atoms with Crippen molar-refractivity contribution in [2.24, 2.45) is 0 Å². The van der Waals surface area contributed by atoms with E-state index in [1.54, 1.807) is 23.8 Å². The number of rotatable bonds is 9. The predicted molar refractivity (Wildman–Crippen MR) is 113 cm³/mol. The molecule has 1 amide bonds. The van der Waals surface area contributed by atoms with Gasteiger partial charge in [-0.15, -0.1) is 11.8 Å². The van der Waals surface area contributed by atoms with Crippen molar-refractivity contribution < 1.29 is 19.3 Å². The first kappa shape index (κ1) is 20.7. The van der Waals surface area contributed by atoms with Gasteiger partial charge >= 0.3 is 0 Å². The average Bonchev–Trinajstić information content (AvgIpc) is 2.74. The Labute approximate surface area is 172 Å². The monoisotopic (exact) mass is 401 g/mol. The molecule has 0 aliphatic carbocycles. The van der Waals surface area contributed by atoms with Crippen LogP contribution in [0.15, 0.2) is 59.5 Å². The molecule has 150 valence electrons. The molecule has 1 heterocycles. The third-order valence-electron chi connectivity index (χ3n) is 5.12. The van der Waals surface area contributed by atoms with E-state index in [-0.39, 0.29) is 5.91 Å². The zero-order valence-corrected chi connectivity index (χ0v) is 17.4. The van der Waals surface area contributed by atoms with Gasteiger partial charge in [0.15, 0.2) is 6.54 Å². The molecule has 0 aromatic heterocycles. The maximum Gasteiger partial charge on any atom is 0.275 e. The molecule has 0 spiro atoms. The van der Waals surface area contributed by atoms with E-state index in [2.05, 4.69) is 29.6 Å². The van der Waals surface area contributed by atoms with Crippen molar-refractivity contribution in [1.29, 1.82) is 0 Å². The Hall–Kier alpha value is -2.02. The number of quaternary nitrogens is 2. The van der Waals surface area contributed by atoms with E-state index in [1.807, 2.05) is 30.3 Å². The summed E-state index contributed by atoms with van der Waals surface area (Å²) in [4.78, 5) is 16.4. The summed E-state index contributed by atoms with van der Waals surface area (Å²) in [6, 6.07) is 18.6. The van der Waals surface area contributed by atoms with E-state index in [9.17, 15) is 4.79 Å². The van der Waals surface area contributed by atoms with Crippen LogP contribution in [0.1, 0.15) is 5.56 Å². The Bertz CT molecular complexity index is 716. The van der Waals surface area contributed by atoms with Crippen molar-refractivity contribution in [2.75, 3.05) is 52.1 Å². The summed E-state index contributed by atoms with van der Waals surface area (Å²) < 4.78 is 5.22. The molecule has 0 atom stereocenters. The molecular weight excluding hydrogens is 370 g/mol. The third-order valence-corrected chi connectivity index (χ3v) is 6.14. The lowest BCUT2D eigenvalue weighted by Crippen LogP contribution is -3.28. The van der Waals surface area contributed by atoms with Crippen molar-refractivity contribution in [1.82, 2.24) is 5.32 Å². The summed E-state index contributed by atoms with van der Waals surface area (Å²) in [5.41, 5.74) is 1.34. The Morgan fingerprint density at radius 3 is 2.36 bits per heavy atom. The zero-order valence-electron chi connectivity index (χ0n) is 16.6. The first-order valence-corrected chi connectivity index (χ1v) is 11.0. The SMILES string of the molecule is COc1ccc(C[NH+]2CC[NH+](CC(=O)NCCSc3ccccc3)CC2)cc1. The first-order valence-electron chi connectivity index (χ1n) is 9.97. The topological polar surface area (TPSA) is 47.2 Å². The normalized spacial score (nSPS) is 19.2. The van der Waals surface area contributed by atoms with Crippen LogP contribution in [0.2, 0.25) is 0 Å². The first-order chi connectivity index (χ1) is 13.7. The van der Waals surface area contributed by atoms with Crippen molar-refractivity contribution in [3.8, 4) is 5.75 Å². The highest BCUT2D eigenvalue weighted by Gasteiger charge is 2.24. The van der Waals surface area contributed by atoms with Crippen molar-refractivity contribution >= 4 is 17.7 Å². The van der Waals surface area contributed by atoms with Gasteiger partial charge in [-0.2, -0.15) is 0 Å². The number of nitrogens with one attached hydrogen (secondary N) is 3. The van der Waals surface area contributed by atoms with Crippen molar-refractivity contribution in [2.45, 2.75) is 11.4 Å². The number of ether oxygens (including phenoxy) is 1. The number of piperazine rings is 1. The van der Waals surface area contributed by atoms with Gasteiger partial charge in [0, 0.05) is 22.8 Å². The maximum atomic E-state index is 12.2. The molecule has 6 heteroatoms. The highest BCUT2D eigenvalue weighted by molar-refractivity contribution is 7.99. The number of methoxy groups -OCH3 is 1. The average molecular weight is 402 g/mol. The minimum absolute atomic E-state index is 0.169. The molecule has 0 radical (unpaired) electrons. The molecule has 0 saturated carbocycles. The summed E-state index contributed by atoms with van der Waals surface area (Å²) in [6.07, 6.45) is 0. The third kappa shape index (κ3) is 6.86. The molecular formula is C22H31N3O2S+2. The van der Waals surface area contributed by atoms with Crippen molar-refractivity contribution in [3.05, 3.63) is 60.2 Å². The smallest absolute Gasteiger partial charge is 0.275 e. The predicted octanol–water partition coefficient (Wildman–Crippen LogP) is -0.113. The summed E-state index contributed by atoms with van der Waals surface area (Å²) in [6.45, 7) is 6.68. The molecule has 2 aromatic rings. The van der Waals surface area contributed by atoms with Gasteiger partial charge in [0.25, 0.3) is 5.91 Å². The Balaban J connectivity index is 1.29. The molecule has 5 nitrogen and oxygen atoms in total. The maximum absolute atomic E-state index is 12.2. The zero-order chi connectivity index (χ0) is 19.6. The van der Waals surface area contributed by atoms with Gasteiger partial charge in [-0.25, -0.2) is 0 Å².